The molecule has 0 aliphatic carbocycles. The van der Waals surface area contributed by atoms with E-state index in [4.69, 9.17) is 4.74 Å². The van der Waals surface area contributed by atoms with Gasteiger partial charge in [-0.25, -0.2) is 13.4 Å². The summed E-state index contributed by atoms with van der Waals surface area (Å²) in [5.41, 5.74) is 0.583. The second kappa shape index (κ2) is 3.12. The van der Waals surface area contributed by atoms with Crippen LogP contribution in [-0.2, 0) is 14.8 Å². The van der Waals surface area contributed by atoms with E-state index in [1.807, 2.05) is 0 Å². The molecule has 0 aromatic rings. The molecule has 1 rings (SSSR count). The molecular formula is C6H12N2O3S. The lowest BCUT2D eigenvalue weighted by Crippen LogP contribution is -2.44. The van der Waals surface area contributed by atoms with Crippen LogP contribution in [0.1, 0.15) is 6.92 Å². The van der Waals surface area contributed by atoms with Crippen LogP contribution in [-0.4, -0.2) is 44.7 Å². The Labute approximate surface area is 72.1 Å². The zero-order valence-electron chi connectivity index (χ0n) is 7.31. The quantitative estimate of drug-likeness (QED) is 0.570. The number of nitrogens with zero attached hydrogens (tertiary/aromatic N) is 2. The molecule has 0 amide bonds. The van der Waals surface area contributed by atoms with Crippen molar-refractivity contribution in [3.05, 3.63) is 0 Å². The van der Waals surface area contributed by atoms with Crippen molar-refractivity contribution in [3.63, 3.8) is 0 Å². The highest BCUT2D eigenvalue weighted by molar-refractivity contribution is 7.89. The van der Waals surface area contributed by atoms with Crippen molar-refractivity contribution < 1.29 is 13.2 Å². The van der Waals surface area contributed by atoms with Gasteiger partial charge in [0.15, 0.2) is 0 Å². The Hall–Kier alpha value is -0.460. The molecule has 1 heterocycles. The Kier molecular flexibility index (Phi) is 2.50. The summed E-state index contributed by atoms with van der Waals surface area (Å²) in [6, 6.07) is 0. The molecule has 0 spiro atoms. The van der Waals surface area contributed by atoms with Crippen LogP contribution in [0.2, 0.25) is 0 Å². The van der Waals surface area contributed by atoms with Gasteiger partial charge < -0.3 is 4.74 Å². The summed E-state index contributed by atoms with van der Waals surface area (Å²) in [6.07, 6.45) is -0.691. The third-order valence-corrected chi connectivity index (χ3v) is 3.52. The lowest BCUT2D eigenvalue weighted by atomic mass is 10.5. The largest absolute Gasteiger partial charge is 0.346 e. The minimum Gasteiger partial charge on any atom is -0.346 e. The molecule has 0 radical (unpaired) electrons. The van der Waals surface area contributed by atoms with Crippen LogP contribution in [0, 0.1) is 0 Å². The number of hydrogen-bond acceptors (Lipinski definition) is 4. The van der Waals surface area contributed by atoms with Gasteiger partial charge in [0.1, 0.15) is 5.75 Å². The molecule has 0 saturated carbocycles. The summed E-state index contributed by atoms with van der Waals surface area (Å²) in [4.78, 5) is 4.02. The monoisotopic (exact) mass is 192 g/mol. The fraction of sp³-hybridized carbons (Fsp3) is 0.833. The predicted molar refractivity (Wildman–Crippen MR) is 45.5 cm³/mol. The Balaban J connectivity index is 3.01. The van der Waals surface area contributed by atoms with Gasteiger partial charge >= 0.3 is 0 Å². The number of ether oxygens (including phenoxy) is 1. The minimum atomic E-state index is -3.19. The number of hydrogen-bond donors (Lipinski definition) is 0. The number of methoxy groups -OCH3 is 1. The molecule has 1 aliphatic heterocycles. The Morgan fingerprint density at radius 2 is 2.25 bits per heavy atom. The highest BCUT2D eigenvalue weighted by atomic mass is 32.2. The second-order valence-electron chi connectivity index (χ2n) is 2.70. The van der Waals surface area contributed by atoms with E-state index < -0.39 is 16.4 Å². The van der Waals surface area contributed by atoms with Crippen LogP contribution in [0.5, 0.6) is 0 Å². The Bertz CT molecular complexity index is 296. The highest BCUT2D eigenvalue weighted by Gasteiger charge is 2.30. The fourth-order valence-electron chi connectivity index (χ4n) is 1.01. The third-order valence-electron chi connectivity index (χ3n) is 1.68. The SMILES string of the molecule is COC1N=C(C)CS(=O)(=O)N1C. The first-order chi connectivity index (χ1) is 5.47. The summed E-state index contributed by atoms with van der Waals surface area (Å²) >= 11 is 0. The van der Waals surface area contributed by atoms with E-state index in [0.29, 0.717) is 5.71 Å². The van der Waals surface area contributed by atoms with Gasteiger partial charge in [0, 0.05) is 19.9 Å². The molecule has 0 N–H and O–H groups in total. The van der Waals surface area contributed by atoms with Gasteiger partial charge in [0.2, 0.25) is 16.4 Å². The zero-order valence-corrected chi connectivity index (χ0v) is 8.13. The van der Waals surface area contributed by atoms with E-state index in [1.54, 1.807) is 6.92 Å². The first-order valence-corrected chi connectivity index (χ1v) is 5.10. The number of sulfonamides is 1. The van der Waals surface area contributed by atoms with Crippen LogP contribution >= 0.6 is 0 Å². The van der Waals surface area contributed by atoms with Crippen molar-refractivity contribution in [2.75, 3.05) is 19.9 Å². The first-order valence-electron chi connectivity index (χ1n) is 3.49. The fourth-order valence-corrected chi connectivity index (χ4v) is 2.23. The summed E-state index contributed by atoms with van der Waals surface area (Å²) in [7, 11) is -0.307. The summed E-state index contributed by atoms with van der Waals surface area (Å²) in [5, 5.41) is 0. The van der Waals surface area contributed by atoms with Gasteiger partial charge in [-0.1, -0.05) is 0 Å². The smallest absolute Gasteiger partial charge is 0.222 e. The molecule has 0 bridgehead atoms. The van der Waals surface area contributed by atoms with Crippen molar-refractivity contribution in [2.45, 2.75) is 13.3 Å². The van der Waals surface area contributed by atoms with Crippen LogP contribution in [0.4, 0.5) is 0 Å². The van der Waals surface area contributed by atoms with Gasteiger partial charge in [-0.3, -0.25) is 0 Å². The van der Waals surface area contributed by atoms with Gasteiger partial charge in [0.05, 0.1) is 0 Å². The van der Waals surface area contributed by atoms with Crippen molar-refractivity contribution in [3.8, 4) is 0 Å². The molecule has 0 aromatic heterocycles. The second-order valence-corrected chi connectivity index (χ2v) is 4.73. The lowest BCUT2D eigenvalue weighted by molar-refractivity contribution is 0.0330. The molecule has 1 atom stereocenters. The van der Waals surface area contributed by atoms with Crippen LogP contribution < -0.4 is 0 Å². The topological polar surface area (TPSA) is 59.0 Å². The average molecular weight is 192 g/mol. The maximum atomic E-state index is 11.3. The molecule has 0 fully saturated rings. The molecule has 12 heavy (non-hydrogen) atoms. The van der Waals surface area contributed by atoms with Crippen molar-refractivity contribution in [1.82, 2.24) is 4.31 Å². The summed E-state index contributed by atoms with van der Waals surface area (Å²) in [5.74, 6) is -0.0106. The number of aliphatic imine (C=N–C) groups is 1. The highest BCUT2D eigenvalue weighted by Crippen LogP contribution is 2.13. The van der Waals surface area contributed by atoms with Gasteiger partial charge in [-0.15, -0.1) is 0 Å². The molecular weight excluding hydrogens is 180 g/mol. The predicted octanol–water partition coefficient (Wildman–Crippen LogP) is -0.347. The maximum Gasteiger partial charge on any atom is 0.222 e. The van der Waals surface area contributed by atoms with Crippen molar-refractivity contribution in [1.29, 1.82) is 0 Å². The molecule has 1 unspecified atom stereocenters. The van der Waals surface area contributed by atoms with Crippen LogP contribution in [0.15, 0.2) is 4.99 Å². The third kappa shape index (κ3) is 1.65. The Morgan fingerprint density at radius 3 is 2.75 bits per heavy atom. The van der Waals surface area contributed by atoms with Crippen LogP contribution in [0.25, 0.3) is 0 Å². The van der Waals surface area contributed by atoms with Crippen molar-refractivity contribution in [2.24, 2.45) is 4.99 Å². The van der Waals surface area contributed by atoms with Gasteiger partial charge in [-0.05, 0) is 6.92 Å². The van der Waals surface area contributed by atoms with Crippen LogP contribution in [0.3, 0.4) is 0 Å². The minimum absolute atomic E-state index is 0.0106. The van der Waals surface area contributed by atoms with E-state index in [2.05, 4.69) is 4.99 Å². The summed E-state index contributed by atoms with van der Waals surface area (Å²) < 4.78 is 28.6. The van der Waals surface area contributed by atoms with E-state index in [1.165, 1.54) is 14.2 Å². The van der Waals surface area contributed by atoms with E-state index in [0.717, 1.165) is 4.31 Å². The van der Waals surface area contributed by atoms with E-state index in [-0.39, 0.29) is 5.75 Å². The van der Waals surface area contributed by atoms with E-state index >= 15 is 0 Å². The maximum absolute atomic E-state index is 11.3. The number of rotatable bonds is 1. The summed E-state index contributed by atoms with van der Waals surface area (Å²) in [6.45, 7) is 1.68. The zero-order chi connectivity index (χ0) is 9.35. The molecule has 6 heteroatoms. The van der Waals surface area contributed by atoms with Gasteiger partial charge in [0.25, 0.3) is 0 Å². The molecule has 1 aliphatic rings. The van der Waals surface area contributed by atoms with Crippen molar-refractivity contribution >= 4 is 15.7 Å². The van der Waals surface area contributed by atoms with E-state index in [9.17, 15) is 8.42 Å². The molecule has 5 nitrogen and oxygen atoms in total. The molecule has 0 aromatic carbocycles. The first kappa shape index (κ1) is 9.63. The normalized spacial score (nSPS) is 29.9. The average Bonchev–Trinajstić information content (AvgIpc) is 1.96. The standard InChI is InChI=1S/C6H12N2O3S/c1-5-4-12(9,10)8(2)6(7-5)11-3/h6H,4H2,1-3H3. The molecule has 0 saturated heterocycles. The lowest BCUT2D eigenvalue weighted by Gasteiger charge is -2.27. The Morgan fingerprint density at radius 1 is 1.67 bits per heavy atom. The van der Waals surface area contributed by atoms with Gasteiger partial charge in [-0.2, -0.15) is 4.31 Å². The molecule has 70 valence electrons.